The van der Waals surface area contributed by atoms with Crippen molar-refractivity contribution in [2.24, 2.45) is 0 Å². The molecular weight excluding hydrogens is 240 g/mol. The third-order valence-corrected chi connectivity index (χ3v) is 3.25. The Morgan fingerprint density at radius 3 is 2.84 bits per heavy atom. The highest BCUT2D eigenvalue weighted by Gasteiger charge is 2.34. The molecule has 1 aliphatic rings. The second-order valence-corrected chi connectivity index (χ2v) is 6.04. The summed E-state index contributed by atoms with van der Waals surface area (Å²) in [6, 6.07) is 4.01. The number of hydrogen-bond acceptors (Lipinski definition) is 3. The summed E-state index contributed by atoms with van der Waals surface area (Å²) in [6.07, 6.45) is 3.50. The predicted octanol–water partition coefficient (Wildman–Crippen LogP) is 3.46. The maximum absolute atomic E-state index is 12.2. The van der Waals surface area contributed by atoms with Gasteiger partial charge in [0.15, 0.2) is 0 Å². The van der Waals surface area contributed by atoms with Crippen LogP contribution in [0.5, 0.6) is 0 Å². The summed E-state index contributed by atoms with van der Waals surface area (Å²) < 4.78 is 5.47. The summed E-state index contributed by atoms with van der Waals surface area (Å²) >= 11 is 0. The van der Waals surface area contributed by atoms with E-state index in [4.69, 9.17) is 4.74 Å². The Kier molecular flexibility index (Phi) is 3.78. The lowest BCUT2D eigenvalue weighted by atomic mass is 10.1. The second-order valence-electron chi connectivity index (χ2n) is 6.04. The number of amides is 1. The van der Waals surface area contributed by atoms with Crippen LogP contribution in [-0.2, 0) is 4.74 Å². The molecule has 4 nitrogen and oxygen atoms in total. The fraction of sp³-hybridized carbons (Fsp3) is 0.600. The lowest BCUT2D eigenvalue weighted by Gasteiger charge is -2.28. The predicted molar refractivity (Wildman–Crippen MR) is 73.9 cm³/mol. The molecule has 1 aromatic rings. The van der Waals surface area contributed by atoms with E-state index in [1.165, 1.54) is 0 Å². The number of carbonyl (C=O) groups excluding carboxylic acids is 1. The minimum Gasteiger partial charge on any atom is -0.444 e. The zero-order valence-electron chi connectivity index (χ0n) is 12.1. The van der Waals surface area contributed by atoms with Gasteiger partial charge in [-0.05, 0) is 52.2 Å². The van der Waals surface area contributed by atoms with Crippen molar-refractivity contribution in [1.29, 1.82) is 0 Å². The van der Waals surface area contributed by atoms with Crippen LogP contribution < -0.4 is 0 Å². The molecule has 2 heterocycles. The largest absolute Gasteiger partial charge is 0.444 e. The zero-order chi connectivity index (χ0) is 14.0. The zero-order valence-corrected chi connectivity index (χ0v) is 12.1. The van der Waals surface area contributed by atoms with Crippen LogP contribution in [0.3, 0.4) is 0 Å². The highest BCUT2D eigenvalue weighted by Crippen LogP contribution is 2.33. The molecule has 0 radical (unpaired) electrons. The Labute approximate surface area is 114 Å². The quantitative estimate of drug-likeness (QED) is 0.778. The van der Waals surface area contributed by atoms with Crippen LogP contribution in [0.4, 0.5) is 4.79 Å². The minimum atomic E-state index is -0.455. The molecule has 0 N–H and O–H groups in total. The summed E-state index contributed by atoms with van der Waals surface area (Å²) in [5.74, 6) is 0. The number of aryl methyl sites for hydroxylation is 1. The standard InChI is InChI=1S/C15H22N2O2/c1-11-7-5-9-16-13(11)12-8-6-10-17(12)14(18)19-15(2,3)4/h5,7,9,12H,6,8,10H2,1-4H3. The van der Waals surface area contributed by atoms with Gasteiger partial charge in [0.2, 0.25) is 0 Å². The van der Waals surface area contributed by atoms with Crippen molar-refractivity contribution in [3.8, 4) is 0 Å². The van der Waals surface area contributed by atoms with Crippen molar-refractivity contribution >= 4 is 6.09 Å². The monoisotopic (exact) mass is 262 g/mol. The molecule has 0 saturated carbocycles. The topological polar surface area (TPSA) is 42.4 Å². The summed E-state index contributed by atoms with van der Waals surface area (Å²) in [5, 5.41) is 0. The van der Waals surface area contributed by atoms with Crippen molar-refractivity contribution in [1.82, 2.24) is 9.88 Å². The average molecular weight is 262 g/mol. The first-order chi connectivity index (χ1) is 8.88. The minimum absolute atomic E-state index is 0.0519. The second kappa shape index (κ2) is 5.19. The Hall–Kier alpha value is -1.58. The molecule has 104 valence electrons. The first kappa shape index (κ1) is 13.8. The van der Waals surface area contributed by atoms with E-state index in [9.17, 15) is 4.79 Å². The molecule has 0 bridgehead atoms. The SMILES string of the molecule is Cc1cccnc1C1CCCN1C(=O)OC(C)(C)C. The average Bonchev–Trinajstić information content (AvgIpc) is 2.76. The molecular formula is C15H22N2O2. The van der Waals surface area contributed by atoms with Crippen LogP contribution in [0, 0.1) is 6.92 Å². The summed E-state index contributed by atoms with van der Waals surface area (Å²) in [6.45, 7) is 8.45. The molecule has 1 atom stereocenters. The van der Waals surface area contributed by atoms with Crippen molar-refractivity contribution in [2.45, 2.75) is 52.2 Å². The summed E-state index contributed by atoms with van der Waals surface area (Å²) in [4.78, 5) is 18.5. The van der Waals surface area contributed by atoms with Gasteiger partial charge in [-0.3, -0.25) is 9.88 Å². The van der Waals surface area contributed by atoms with Gasteiger partial charge in [-0.2, -0.15) is 0 Å². The molecule has 0 aromatic carbocycles. The molecule has 1 aliphatic heterocycles. The Morgan fingerprint density at radius 1 is 1.47 bits per heavy atom. The number of aromatic nitrogens is 1. The van der Waals surface area contributed by atoms with Gasteiger partial charge in [-0.25, -0.2) is 4.79 Å². The van der Waals surface area contributed by atoms with Gasteiger partial charge in [0.25, 0.3) is 0 Å². The molecule has 1 saturated heterocycles. The molecule has 1 unspecified atom stereocenters. The third-order valence-electron chi connectivity index (χ3n) is 3.25. The Bertz CT molecular complexity index is 465. The number of rotatable bonds is 1. The molecule has 2 rings (SSSR count). The Morgan fingerprint density at radius 2 is 2.21 bits per heavy atom. The van der Waals surface area contributed by atoms with Gasteiger partial charge in [-0.1, -0.05) is 6.07 Å². The van der Waals surface area contributed by atoms with Crippen molar-refractivity contribution in [2.75, 3.05) is 6.54 Å². The van der Waals surface area contributed by atoms with Crippen LogP contribution >= 0.6 is 0 Å². The van der Waals surface area contributed by atoms with Gasteiger partial charge in [0.05, 0.1) is 11.7 Å². The van der Waals surface area contributed by atoms with E-state index in [-0.39, 0.29) is 12.1 Å². The molecule has 0 spiro atoms. The maximum atomic E-state index is 12.2. The van der Waals surface area contributed by atoms with Gasteiger partial charge in [0, 0.05) is 12.7 Å². The highest BCUT2D eigenvalue weighted by atomic mass is 16.6. The van der Waals surface area contributed by atoms with E-state index in [1.54, 1.807) is 11.1 Å². The van der Waals surface area contributed by atoms with E-state index < -0.39 is 5.60 Å². The fourth-order valence-corrected chi connectivity index (χ4v) is 2.44. The lowest BCUT2D eigenvalue weighted by molar-refractivity contribution is 0.0221. The first-order valence-corrected chi connectivity index (χ1v) is 6.79. The smallest absolute Gasteiger partial charge is 0.410 e. The van der Waals surface area contributed by atoms with E-state index in [1.807, 2.05) is 39.8 Å². The normalized spacial score (nSPS) is 19.6. The van der Waals surface area contributed by atoms with Crippen molar-refractivity contribution in [3.63, 3.8) is 0 Å². The number of ether oxygens (including phenoxy) is 1. The number of carbonyl (C=O) groups is 1. The van der Waals surface area contributed by atoms with Crippen LogP contribution in [0.1, 0.15) is 50.9 Å². The van der Waals surface area contributed by atoms with Crippen LogP contribution in [0.25, 0.3) is 0 Å². The van der Waals surface area contributed by atoms with E-state index in [0.717, 1.165) is 30.6 Å². The molecule has 1 fully saturated rings. The van der Waals surface area contributed by atoms with Crippen molar-refractivity contribution in [3.05, 3.63) is 29.6 Å². The van der Waals surface area contributed by atoms with E-state index >= 15 is 0 Å². The molecule has 4 heteroatoms. The van der Waals surface area contributed by atoms with Gasteiger partial charge < -0.3 is 4.74 Å². The van der Waals surface area contributed by atoms with E-state index in [2.05, 4.69) is 4.98 Å². The number of nitrogens with zero attached hydrogens (tertiary/aromatic N) is 2. The van der Waals surface area contributed by atoms with Gasteiger partial charge in [0.1, 0.15) is 5.60 Å². The molecule has 1 aromatic heterocycles. The Balaban J connectivity index is 2.18. The fourth-order valence-electron chi connectivity index (χ4n) is 2.44. The van der Waals surface area contributed by atoms with Gasteiger partial charge in [-0.15, -0.1) is 0 Å². The van der Waals surface area contributed by atoms with Crippen LogP contribution in [0.15, 0.2) is 18.3 Å². The van der Waals surface area contributed by atoms with Crippen LogP contribution in [-0.4, -0.2) is 28.1 Å². The van der Waals surface area contributed by atoms with Gasteiger partial charge >= 0.3 is 6.09 Å². The maximum Gasteiger partial charge on any atom is 0.410 e. The number of likely N-dealkylation sites (tertiary alicyclic amines) is 1. The van der Waals surface area contributed by atoms with E-state index in [0.29, 0.717) is 0 Å². The van der Waals surface area contributed by atoms with Crippen LogP contribution in [0.2, 0.25) is 0 Å². The number of hydrogen-bond donors (Lipinski definition) is 0. The molecule has 0 aliphatic carbocycles. The first-order valence-electron chi connectivity index (χ1n) is 6.79. The van der Waals surface area contributed by atoms with Crippen molar-refractivity contribution < 1.29 is 9.53 Å². The third kappa shape index (κ3) is 3.25. The summed E-state index contributed by atoms with van der Waals surface area (Å²) in [7, 11) is 0. The highest BCUT2D eigenvalue weighted by molar-refractivity contribution is 5.69. The molecule has 1 amide bonds. The lowest BCUT2D eigenvalue weighted by Crippen LogP contribution is -2.36. The summed E-state index contributed by atoms with van der Waals surface area (Å²) in [5.41, 5.74) is 1.66. The number of pyridine rings is 1. The molecule has 19 heavy (non-hydrogen) atoms.